The van der Waals surface area contributed by atoms with Crippen LogP contribution in [0.15, 0.2) is 54.0 Å². The summed E-state index contributed by atoms with van der Waals surface area (Å²) in [6.45, 7) is 5.17. The van der Waals surface area contributed by atoms with E-state index >= 15 is 0 Å². The molecule has 1 aliphatic heterocycles. The molecule has 0 bridgehead atoms. The SMILES string of the molecule is Cc1cccc(N2CCN(C(=O)c3csc(Nc4ccccn4)n3)CC2)c1. The van der Waals surface area contributed by atoms with Crippen molar-refractivity contribution in [2.45, 2.75) is 6.92 Å². The van der Waals surface area contributed by atoms with Gasteiger partial charge in [0.2, 0.25) is 0 Å². The number of hydrogen-bond donors (Lipinski definition) is 1. The van der Waals surface area contributed by atoms with E-state index in [-0.39, 0.29) is 5.91 Å². The lowest BCUT2D eigenvalue weighted by atomic mass is 10.2. The molecule has 0 aliphatic carbocycles. The van der Waals surface area contributed by atoms with Gasteiger partial charge in [-0.1, -0.05) is 18.2 Å². The highest BCUT2D eigenvalue weighted by atomic mass is 32.1. The molecule has 0 unspecified atom stereocenters. The largest absolute Gasteiger partial charge is 0.368 e. The van der Waals surface area contributed by atoms with E-state index in [0.29, 0.717) is 23.9 Å². The molecule has 2 aromatic heterocycles. The highest BCUT2D eigenvalue weighted by molar-refractivity contribution is 7.14. The molecule has 6 nitrogen and oxygen atoms in total. The van der Waals surface area contributed by atoms with Crippen molar-refractivity contribution < 1.29 is 4.79 Å². The molecule has 1 aliphatic rings. The van der Waals surface area contributed by atoms with Crippen molar-refractivity contribution >= 4 is 33.9 Å². The Morgan fingerprint density at radius 3 is 2.70 bits per heavy atom. The van der Waals surface area contributed by atoms with E-state index in [0.717, 1.165) is 18.9 Å². The number of aromatic nitrogens is 2. The molecule has 1 aromatic carbocycles. The number of pyridine rings is 1. The minimum absolute atomic E-state index is 0.00999. The van der Waals surface area contributed by atoms with Crippen LogP contribution in [0.3, 0.4) is 0 Å². The van der Waals surface area contributed by atoms with Crippen molar-refractivity contribution in [3.05, 3.63) is 65.3 Å². The summed E-state index contributed by atoms with van der Waals surface area (Å²) in [5.41, 5.74) is 2.96. The lowest BCUT2D eigenvalue weighted by Gasteiger charge is -2.36. The van der Waals surface area contributed by atoms with E-state index in [9.17, 15) is 4.79 Å². The molecule has 4 rings (SSSR count). The molecule has 1 amide bonds. The Hall–Kier alpha value is -2.93. The average Bonchev–Trinajstić information content (AvgIpc) is 3.17. The second kappa shape index (κ2) is 7.75. The standard InChI is InChI=1S/C20H21N5OS/c1-15-5-4-6-16(13-15)24-9-11-25(12-10-24)19(26)17-14-27-20(22-17)23-18-7-2-3-8-21-18/h2-8,13-14H,9-12H2,1H3,(H,21,22,23). The summed E-state index contributed by atoms with van der Waals surface area (Å²) in [6.07, 6.45) is 1.72. The van der Waals surface area contributed by atoms with E-state index in [1.807, 2.05) is 23.1 Å². The average molecular weight is 379 g/mol. The lowest BCUT2D eigenvalue weighted by Crippen LogP contribution is -2.48. The lowest BCUT2D eigenvalue weighted by molar-refractivity contribution is 0.0742. The van der Waals surface area contributed by atoms with Crippen molar-refractivity contribution in [1.29, 1.82) is 0 Å². The third-order valence-corrected chi connectivity index (χ3v) is 5.31. The van der Waals surface area contributed by atoms with Crippen LogP contribution in [0.4, 0.5) is 16.6 Å². The summed E-state index contributed by atoms with van der Waals surface area (Å²) >= 11 is 1.42. The normalized spacial score (nSPS) is 14.3. The minimum Gasteiger partial charge on any atom is -0.368 e. The van der Waals surface area contributed by atoms with Crippen molar-refractivity contribution in [2.24, 2.45) is 0 Å². The maximum absolute atomic E-state index is 12.8. The number of nitrogens with one attached hydrogen (secondary N) is 1. The molecule has 0 saturated carbocycles. The molecular formula is C20H21N5OS. The Morgan fingerprint density at radius 1 is 1.11 bits per heavy atom. The number of carbonyl (C=O) groups is 1. The van der Waals surface area contributed by atoms with Crippen LogP contribution >= 0.6 is 11.3 Å². The number of aryl methyl sites for hydroxylation is 1. The van der Waals surface area contributed by atoms with Gasteiger partial charge in [0.05, 0.1) is 0 Å². The fraction of sp³-hybridized carbons (Fsp3) is 0.250. The third-order valence-electron chi connectivity index (χ3n) is 4.56. The highest BCUT2D eigenvalue weighted by Gasteiger charge is 2.24. The van der Waals surface area contributed by atoms with Crippen LogP contribution in [0.2, 0.25) is 0 Å². The zero-order chi connectivity index (χ0) is 18.6. The first-order chi connectivity index (χ1) is 13.2. The first-order valence-corrected chi connectivity index (χ1v) is 9.81. The molecule has 3 aromatic rings. The van der Waals surface area contributed by atoms with Crippen LogP contribution in [-0.4, -0.2) is 47.0 Å². The summed E-state index contributed by atoms with van der Waals surface area (Å²) in [5, 5.41) is 5.62. The fourth-order valence-electron chi connectivity index (χ4n) is 3.13. The van der Waals surface area contributed by atoms with Crippen molar-refractivity contribution in [1.82, 2.24) is 14.9 Å². The second-order valence-corrected chi connectivity index (χ2v) is 7.35. The summed E-state index contributed by atoms with van der Waals surface area (Å²) in [7, 11) is 0. The van der Waals surface area contributed by atoms with Gasteiger partial charge in [-0.15, -0.1) is 11.3 Å². The summed E-state index contributed by atoms with van der Waals surface area (Å²) < 4.78 is 0. The summed E-state index contributed by atoms with van der Waals surface area (Å²) in [6, 6.07) is 14.1. The van der Waals surface area contributed by atoms with Gasteiger partial charge >= 0.3 is 0 Å². The van der Waals surface area contributed by atoms with E-state index < -0.39 is 0 Å². The first-order valence-electron chi connectivity index (χ1n) is 8.93. The van der Waals surface area contributed by atoms with Crippen LogP contribution in [0.25, 0.3) is 0 Å². The Morgan fingerprint density at radius 2 is 1.96 bits per heavy atom. The number of anilines is 3. The number of nitrogens with zero attached hydrogens (tertiary/aromatic N) is 4. The van der Waals surface area contributed by atoms with E-state index in [1.165, 1.54) is 22.6 Å². The molecular weight excluding hydrogens is 358 g/mol. The maximum Gasteiger partial charge on any atom is 0.273 e. The molecule has 0 spiro atoms. The van der Waals surface area contributed by atoms with Gasteiger partial charge in [-0.25, -0.2) is 9.97 Å². The molecule has 0 radical (unpaired) electrons. The Labute approximate surface area is 162 Å². The zero-order valence-corrected chi connectivity index (χ0v) is 15.9. The van der Waals surface area contributed by atoms with Gasteiger partial charge in [0.25, 0.3) is 5.91 Å². The molecule has 3 heterocycles. The number of hydrogen-bond acceptors (Lipinski definition) is 6. The number of rotatable bonds is 4. The molecule has 138 valence electrons. The van der Waals surface area contributed by atoms with Gasteiger partial charge in [-0.05, 0) is 36.8 Å². The smallest absolute Gasteiger partial charge is 0.273 e. The third kappa shape index (κ3) is 4.09. The highest BCUT2D eigenvalue weighted by Crippen LogP contribution is 2.22. The monoisotopic (exact) mass is 379 g/mol. The molecule has 1 fully saturated rings. The zero-order valence-electron chi connectivity index (χ0n) is 15.1. The van der Waals surface area contributed by atoms with Crippen molar-refractivity contribution in [3.63, 3.8) is 0 Å². The number of thiazole rings is 1. The number of piperazine rings is 1. The number of carbonyl (C=O) groups excluding carboxylic acids is 1. The number of benzene rings is 1. The predicted molar refractivity (Wildman–Crippen MR) is 109 cm³/mol. The first kappa shape index (κ1) is 17.5. The molecule has 27 heavy (non-hydrogen) atoms. The molecule has 1 N–H and O–H groups in total. The molecule has 0 atom stereocenters. The van der Waals surface area contributed by atoms with Gasteiger partial charge in [0, 0.05) is 43.4 Å². The Bertz CT molecular complexity index is 919. The van der Waals surface area contributed by atoms with Crippen molar-refractivity contribution in [2.75, 3.05) is 36.4 Å². The summed E-state index contributed by atoms with van der Waals surface area (Å²) in [4.78, 5) is 25.6. The van der Waals surface area contributed by atoms with Crippen molar-refractivity contribution in [3.8, 4) is 0 Å². The predicted octanol–water partition coefficient (Wildman–Crippen LogP) is 3.55. The van der Waals surface area contributed by atoms with Crippen LogP contribution in [0, 0.1) is 6.92 Å². The van der Waals surface area contributed by atoms with Crippen LogP contribution in [0.1, 0.15) is 16.1 Å². The van der Waals surface area contributed by atoms with E-state index in [2.05, 4.69) is 51.4 Å². The fourth-order valence-corrected chi connectivity index (χ4v) is 3.82. The quantitative estimate of drug-likeness (QED) is 0.751. The topological polar surface area (TPSA) is 61.4 Å². The van der Waals surface area contributed by atoms with E-state index in [1.54, 1.807) is 11.6 Å². The van der Waals surface area contributed by atoms with Gasteiger partial charge in [0.15, 0.2) is 5.13 Å². The number of amides is 1. The second-order valence-electron chi connectivity index (χ2n) is 6.50. The maximum atomic E-state index is 12.8. The van der Waals surface area contributed by atoms with Gasteiger partial charge in [-0.2, -0.15) is 0 Å². The summed E-state index contributed by atoms with van der Waals surface area (Å²) in [5.74, 6) is 0.710. The van der Waals surface area contributed by atoms with Crippen LogP contribution in [-0.2, 0) is 0 Å². The van der Waals surface area contributed by atoms with Gasteiger partial charge in [-0.3, -0.25) is 4.79 Å². The molecule has 1 saturated heterocycles. The van der Waals surface area contributed by atoms with Gasteiger partial charge < -0.3 is 15.1 Å². The van der Waals surface area contributed by atoms with E-state index in [4.69, 9.17) is 0 Å². The molecule has 7 heteroatoms. The Balaban J connectivity index is 1.37. The van der Waals surface area contributed by atoms with Gasteiger partial charge in [0.1, 0.15) is 11.5 Å². The van der Waals surface area contributed by atoms with Crippen LogP contribution in [0.5, 0.6) is 0 Å². The van der Waals surface area contributed by atoms with Crippen LogP contribution < -0.4 is 10.2 Å². The minimum atomic E-state index is -0.00999. The Kier molecular flexibility index (Phi) is 5.02.